The lowest BCUT2D eigenvalue weighted by atomic mass is 10.1. The number of esters is 1. The number of carbonyl (C=O) groups is 2. The molecule has 1 aromatic carbocycles. The molecule has 0 saturated carbocycles. The van der Waals surface area contributed by atoms with Crippen LogP contribution in [0, 0.1) is 0 Å². The fraction of sp³-hybridized carbons (Fsp3) is 0.231. The smallest absolute Gasteiger partial charge is 0.396 e. The third-order valence-electron chi connectivity index (χ3n) is 2.43. The number of nitrogens with two attached hydrogens (primary N) is 1. The summed E-state index contributed by atoms with van der Waals surface area (Å²) in [6.45, 7) is 1.93. The first kappa shape index (κ1) is 15.0. The Morgan fingerprint density at radius 2 is 2.19 bits per heavy atom. The number of benzene rings is 1. The molecule has 0 unspecified atom stereocenters. The first-order valence-corrected chi connectivity index (χ1v) is 7.11. The number of nitrogens with zero attached hydrogens (tertiary/aromatic N) is 2. The molecule has 0 aliphatic rings. The minimum Gasteiger partial charge on any atom is -0.459 e. The van der Waals surface area contributed by atoms with Gasteiger partial charge >= 0.3 is 11.9 Å². The minimum atomic E-state index is -0.646. The highest BCUT2D eigenvalue weighted by molar-refractivity contribution is 7.98. The Hall–Kier alpha value is -2.35. The summed E-state index contributed by atoms with van der Waals surface area (Å²) >= 11 is 1.25. The maximum absolute atomic E-state index is 11.4. The lowest BCUT2D eigenvalue weighted by Crippen LogP contribution is -2.10. The van der Waals surface area contributed by atoms with Crippen molar-refractivity contribution in [1.82, 2.24) is 10.2 Å². The van der Waals surface area contributed by atoms with Crippen LogP contribution in [0.15, 0.2) is 33.9 Å². The molecule has 2 aromatic rings. The van der Waals surface area contributed by atoms with Gasteiger partial charge in [-0.25, -0.2) is 4.79 Å². The van der Waals surface area contributed by atoms with E-state index in [4.69, 9.17) is 14.9 Å². The zero-order valence-corrected chi connectivity index (χ0v) is 12.1. The molecule has 8 heteroatoms. The van der Waals surface area contributed by atoms with Crippen LogP contribution >= 0.6 is 11.8 Å². The topological polar surface area (TPSA) is 108 Å². The van der Waals surface area contributed by atoms with Crippen molar-refractivity contribution >= 4 is 23.6 Å². The summed E-state index contributed by atoms with van der Waals surface area (Å²) in [5.41, 5.74) is 6.53. The Kier molecular flexibility index (Phi) is 4.94. The number of thioether (sulfide) groups is 1. The van der Waals surface area contributed by atoms with Gasteiger partial charge in [-0.3, -0.25) is 4.79 Å². The van der Waals surface area contributed by atoms with Crippen molar-refractivity contribution in [3.05, 3.63) is 41.3 Å². The quantitative estimate of drug-likeness (QED) is 0.638. The number of aromatic nitrogens is 2. The largest absolute Gasteiger partial charge is 0.459 e. The summed E-state index contributed by atoms with van der Waals surface area (Å²) in [4.78, 5) is 22.5. The second-order valence-electron chi connectivity index (χ2n) is 3.95. The van der Waals surface area contributed by atoms with E-state index in [0.717, 1.165) is 5.56 Å². The van der Waals surface area contributed by atoms with Crippen LogP contribution in [0.4, 0.5) is 0 Å². The summed E-state index contributed by atoms with van der Waals surface area (Å²) in [6.07, 6.45) is 0. The van der Waals surface area contributed by atoms with Gasteiger partial charge in [0.05, 0.1) is 6.61 Å². The van der Waals surface area contributed by atoms with Crippen molar-refractivity contribution in [2.45, 2.75) is 17.9 Å². The van der Waals surface area contributed by atoms with Crippen LogP contribution in [0.1, 0.15) is 33.5 Å². The highest BCUT2D eigenvalue weighted by Gasteiger charge is 2.16. The second kappa shape index (κ2) is 6.89. The van der Waals surface area contributed by atoms with Crippen molar-refractivity contribution < 1.29 is 18.7 Å². The standard InChI is InChI=1S/C13H13N3O4S/c1-2-19-12(18)11-15-16-13(20-11)21-7-8-4-3-5-9(6-8)10(14)17/h3-6H,2,7H2,1H3,(H2,14,17). The highest BCUT2D eigenvalue weighted by Crippen LogP contribution is 2.22. The van der Waals surface area contributed by atoms with E-state index in [1.54, 1.807) is 25.1 Å². The van der Waals surface area contributed by atoms with Crippen LogP contribution in [0.3, 0.4) is 0 Å². The number of hydrogen-bond acceptors (Lipinski definition) is 7. The molecule has 0 fully saturated rings. The third-order valence-corrected chi connectivity index (χ3v) is 3.32. The first-order valence-electron chi connectivity index (χ1n) is 6.12. The van der Waals surface area contributed by atoms with E-state index >= 15 is 0 Å². The van der Waals surface area contributed by atoms with E-state index in [1.165, 1.54) is 11.8 Å². The third kappa shape index (κ3) is 4.06. The van der Waals surface area contributed by atoms with Crippen LogP contribution < -0.4 is 5.73 Å². The Morgan fingerprint density at radius 1 is 1.38 bits per heavy atom. The first-order chi connectivity index (χ1) is 10.1. The van der Waals surface area contributed by atoms with Gasteiger partial charge in [-0.15, -0.1) is 5.10 Å². The number of primary amides is 1. The molecule has 21 heavy (non-hydrogen) atoms. The van der Waals surface area contributed by atoms with Gasteiger partial charge < -0.3 is 14.9 Å². The molecule has 0 saturated heterocycles. The molecule has 0 aliphatic carbocycles. The Bertz CT molecular complexity index is 656. The molecule has 7 nitrogen and oxygen atoms in total. The zero-order chi connectivity index (χ0) is 15.2. The Morgan fingerprint density at radius 3 is 2.90 bits per heavy atom. The second-order valence-corrected chi connectivity index (χ2v) is 4.87. The van der Waals surface area contributed by atoms with Gasteiger partial charge in [0.15, 0.2) is 0 Å². The molecular formula is C13H13N3O4S. The lowest BCUT2D eigenvalue weighted by molar-refractivity contribution is 0.0475. The predicted octanol–water partition coefficient (Wildman–Crippen LogP) is 1.64. The van der Waals surface area contributed by atoms with Gasteiger partial charge in [-0.2, -0.15) is 0 Å². The zero-order valence-electron chi connectivity index (χ0n) is 11.2. The van der Waals surface area contributed by atoms with Crippen molar-refractivity contribution in [2.24, 2.45) is 5.73 Å². The van der Waals surface area contributed by atoms with Gasteiger partial charge in [0.25, 0.3) is 5.22 Å². The molecule has 0 spiro atoms. The van der Waals surface area contributed by atoms with E-state index < -0.39 is 11.9 Å². The van der Waals surface area contributed by atoms with Crippen LogP contribution in [0.5, 0.6) is 0 Å². The average Bonchev–Trinajstić information content (AvgIpc) is 2.95. The van der Waals surface area contributed by atoms with E-state index in [2.05, 4.69) is 10.2 Å². The van der Waals surface area contributed by atoms with E-state index in [9.17, 15) is 9.59 Å². The molecule has 2 N–H and O–H groups in total. The number of carbonyl (C=O) groups excluding carboxylic acids is 2. The van der Waals surface area contributed by atoms with E-state index in [1.807, 2.05) is 6.07 Å². The molecule has 110 valence electrons. The summed E-state index contributed by atoms with van der Waals surface area (Å²) in [6, 6.07) is 6.93. The number of rotatable bonds is 6. The van der Waals surface area contributed by atoms with Crippen molar-refractivity contribution in [3.63, 3.8) is 0 Å². The fourth-order valence-corrected chi connectivity index (χ4v) is 2.21. The molecule has 1 aromatic heterocycles. The number of hydrogen-bond donors (Lipinski definition) is 1. The average molecular weight is 307 g/mol. The van der Waals surface area contributed by atoms with Crippen LogP contribution in [-0.4, -0.2) is 28.7 Å². The summed E-state index contributed by atoms with van der Waals surface area (Å²) < 4.78 is 9.92. The van der Waals surface area contributed by atoms with Crippen LogP contribution in [-0.2, 0) is 10.5 Å². The molecule has 0 bridgehead atoms. The Labute approximate surface area is 124 Å². The molecule has 1 heterocycles. The van der Waals surface area contributed by atoms with Crippen LogP contribution in [0.25, 0.3) is 0 Å². The SMILES string of the molecule is CCOC(=O)c1nnc(SCc2cccc(C(N)=O)c2)o1. The van der Waals surface area contributed by atoms with Crippen LogP contribution in [0.2, 0.25) is 0 Å². The van der Waals surface area contributed by atoms with Crippen molar-refractivity contribution in [1.29, 1.82) is 0 Å². The van der Waals surface area contributed by atoms with Crippen molar-refractivity contribution in [2.75, 3.05) is 6.61 Å². The summed E-state index contributed by atoms with van der Waals surface area (Å²) in [7, 11) is 0. The molecule has 1 amide bonds. The highest BCUT2D eigenvalue weighted by atomic mass is 32.2. The minimum absolute atomic E-state index is 0.176. The van der Waals surface area contributed by atoms with Gasteiger partial charge in [0.1, 0.15) is 0 Å². The molecule has 2 rings (SSSR count). The summed E-state index contributed by atoms with van der Waals surface area (Å²) in [5.74, 6) is -0.798. The van der Waals surface area contributed by atoms with Crippen molar-refractivity contribution in [3.8, 4) is 0 Å². The molecule has 0 radical (unpaired) electrons. The number of ether oxygens (including phenoxy) is 1. The Balaban J connectivity index is 1.98. The van der Waals surface area contributed by atoms with Gasteiger partial charge in [0, 0.05) is 11.3 Å². The fourth-order valence-electron chi connectivity index (χ4n) is 1.50. The molecular weight excluding hydrogens is 294 g/mol. The lowest BCUT2D eigenvalue weighted by Gasteiger charge is -2.00. The number of amides is 1. The predicted molar refractivity (Wildman–Crippen MR) is 74.8 cm³/mol. The maximum Gasteiger partial charge on any atom is 0.396 e. The van der Waals surface area contributed by atoms with Gasteiger partial charge in [-0.05, 0) is 24.6 Å². The molecule has 0 atom stereocenters. The maximum atomic E-state index is 11.4. The molecule has 0 aliphatic heterocycles. The summed E-state index contributed by atoms with van der Waals surface area (Å²) in [5, 5.41) is 7.60. The monoisotopic (exact) mass is 307 g/mol. The van der Waals surface area contributed by atoms with Gasteiger partial charge in [-0.1, -0.05) is 29.0 Å². The van der Waals surface area contributed by atoms with E-state index in [-0.39, 0.29) is 17.7 Å². The van der Waals surface area contributed by atoms with E-state index in [0.29, 0.717) is 11.3 Å². The van der Waals surface area contributed by atoms with Gasteiger partial charge in [0.2, 0.25) is 5.91 Å². The normalized spacial score (nSPS) is 10.3.